The van der Waals surface area contributed by atoms with Crippen molar-refractivity contribution in [3.05, 3.63) is 0 Å². The van der Waals surface area contributed by atoms with Gasteiger partial charge in [0.2, 0.25) is 0 Å². The van der Waals surface area contributed by atoms with Gasteiger partial charge in [0, 0.05) is 12.6 Å². The van der Waals surface area contributed by atoms with Crippen LogP contribution >= 0.6 is 0 Å². The van der Waals surface area contributed by atoms with Crippen molar-refractivity contribution in [1.82, 2.24) is 5.32 Å². The Morgan fingerprint density at radius 2 is 2.06 bits per heavy atom. The second-order valence-corrected chi connectivity index (χ2v) is 4.41. The fourth-order valence-corrected chi connectivity index (χ4v) is 2.15. The summed E-state index contributed by atoms with van der Waals surface area (Å²) in [5, 5.41) is 3.24. The minimum atomic E-state index is -4.21. The highest BCUT2D eigenvalue weighted by Gasteiger charge is 2.27. The standard InChI is InChI=1S/C11H20F3NO/c1-2-9-3-4-10(7-9)15-5-6-16-8-11(12,13)14/h9-10,15H,2-8H2,1H3. The minimum absolute atomic E-state index is 0.132. The second-order valence-electron chi connectivity index (χ2n) is 4.41. The first-order chi connectivity index (χ1) is 7.51. The number of alkyl halides is 3. The number of hydrogen-bond acceptors (Lipinski definition) is 2. The average Bonchev–Trinajstić information content (AvgIpc) is 2.63. The molecule has 1 N–H and O–H groups in total. The molecule has 1 aliphatic carbocycles. The van der Waals surface area contributed by atoms with Crippen LogP contribution < -0.4 is 5.32 Å². The van der Waals surface area contributed by atoms with E-state index in [4.69, 9.17) is 0 Å². The summed E-state index contributed by atoms with van der Waals surface area (Å²) < 4.78 is 39.7. The Bertz CT molecular complexity index is 196. The zero-order valence-corrected chi connectivity index (χ0v) is 9.65. The molecule has 2 atom stereocenters. The predicted molar refractivity (Wildman–Crippen MR) is 56.3 cm³/mol. The van der Waals surface area contributed by atoms with Crippen LogP contribution in [0.1, 0.15) is 32.6 Å². The molecule has 0 aliphatic heterocycles. The van der Waals surface area contributed by atoms with Gasteiger partial charge in [0.1, 0.15) is 6.61 Å². The van der Waals surface area contributed by atoms with Gasteiger partial charge in [-0.2, -0.15) is 13.2 Å². The van der Waals surface area contributed by atoms with E-state index in [9.17, 15) is 13.2 Å². The third-order valence-corrected chi connectivity index (χ3v) is 3.06. The van der Waals surface area contributed by atoms with Crippen LogP contribution in [0, 0.1) is 5.92 Å². The molecule has 0 bridgehead atoms. The van der Waals surface area contributed by atoms with E-state index in [1.54, 1.807) is 0 Å². The number of ether oxygens (including phenoxy) is 1. The lowest BCUT2D eigenvalue weighted by atomic mass is 10.1. The third kappa shape index (κ3) is 5.70. The molecule has 5 heteroatoms. The maximum atomic E-state index is 11.7. The van der Waals surface area contributed by atoms with Gasteiger partial charge in [-0.15, -0.1) is 0 Å². The molecule has 1 fully saturated rings. The zero-order valence-electron chi connectivity index (χ0n) is 9.65. The van der Waals surface area contributed by atoms with Gasteiger partial charge in [-0.3, -0.25) is 0 Å². The highest BCUT2D eigenvalue weighted by atomic mass is 19.4. The Morgan fingerprint density at radius 1 is 1.31 bits per heavy atom. The molecule has 1 aliphatic rings. The van der Waals surface area contributed by atoms with Crippen molar-refractivity contribution in [3.63, 3.8) is 0 Å². The minimum Gasteiger partial charge on any atom is -0.371 e. The Labute approximate surface area is 94.5 Å². The molecule has 0 aromatic rings. The van der Waals surface area contributed by atoms with Crippen molar-refractivity contribution in [2.45, 2.75) is 44.8 Å². The zero-order chi connectivity index (χ0) is 12.0. The average molecular weight is 239 g/mol. The van der Waals surface area contributed by atoms with Crippen molar-refractivity contribution in [2.75, 3.05) is 19.8 Å². The molecule has 2 nitrogen and oxygen atoms in total. The van der Waals surface area contributed by atoms with Crippen molar-refractivity contribution < 1.29 is 17.9 Å². The lowest BCUT2D eigenvalue weighted by molar-refractivity contribution is -0.173. The van der Waals surface area contributed by atoms with Gasteiger partial charge in [0.25, 0.3) is 0 Å². The van der Waals surface area contributed by atoms with Crippen LogP contribution in [0.5, 0.6) is 0 Å². The number of halogens is 3. The Balaban J connectivity index is 1.96. The molecule has 0 spiro atoms. The molecule has 1 saturated carbocycles. The maximum Gasteiger partial charge on any atom is 0.411 e. The Kier molecular flexibility index (Phi) is 5.55. The van der Waals surface area contributed by atoms with Crippen LogP contribution in [0.2, 0.25) is 0 Å². The molecule has 0 saturated heterocycles. The number of nitrogens with one attached hydrogen (secondary N) is 1. The van der Waals surface area contributed by atoms with E-state index in [1.807, 2.05) is 0 Å². The molecular formula is C11H20F3NO. The summed E-state index contributed by atoms with van der Waals surface area (Å²) in [6.45, 7) is 1.68. The third-order valence-electron chi connectivity index (χ3n) is 3.06. The molecule has 96 valence electrons. The van der Waals surface area contributed by atoms with E-state index in [0.717, 1.165) is 18.8 Å². The van der Waals surface area contributed by atoms with Crippen LogP contribution in [-0.4, -0.2) is 32.0 Å². The molecule has 0 heterocycles. The van der Waals surface area contributed by atoms with Gasteiger partial charge in [-0.25, -0.2) is 0 Å². The van der Waals surface area contributed by atoms with Gasteiger partial charge in [-0.1, -0.05) is 13.3 Å². The van der Waals surface area contributed by atoms with Crippen LogP contribution in [0.25, 0.3) is 0 Å². The second kappa shape index (κ2) is 6.45. The summed E-state index contributed by atoms with van der Waals surface area (Å²) in [5.74, 6) is 0.786. The SMILES string of the molecule is CCC1CCC(NCCOCC(F)(F)F)C1. The Hall–Kier alpha value is -0.290. The molecule has 0 radical (unpaired) electrons. The molecule has 0 amide bonds. The van der Waals surface area contributed by atoms with E-state index in [2.05, 4.69) is 17.0 Å². The molecule has 0 aromatic heterocycles. The van der Waals surface area contributed by atoms with E-state index >= 15 is 0 Å². The predicted octanol–water partition coefficient (Wildman–Crippen LogP) is 2.73. The van der Waals surface area contributed by atoms with Crippen LogP contribution in [-0.2, 0) is 4.74 Å². The van der Waals surface area contributed by atoms with Gasteiger partial charge < -0.3 is 10.1 Å². The normalized spacial score (nSPS) is 26.2. The first-order valence-electron chi connectivity index (χ1n) is 5.89. The molecule has 0 aromatic carbocycles. The highest BCUT2D eigenvalue weighted by molar-refractivity contribution is 4.79. The van der Waals surface area contributed by atoms with Gasteiger partial charge in [0.15, 0.2) is 0 Å². The van der Waals surface area contributed by atoms with Gasteiger partial charge >= 0.3 is 6.18 Å². The smallest absolute Gasteiger partial charge is 0.371 e. The number of hydrogen-bond donors (Lipinski definition) is 1. The van der Waals surface area contributed by atoms with E-state index in [-0.39, 0.29) is 6.61 Å². The number of rotatable bonds is 6. The fourth-order valence-electron chi connectivity index (χ4n) is 2.15. The lowest BCUT2D eigenvalue weighted by Gasteiger charge is -2.13. The van der Waals surface area contributed by atoms with Gasteiger partial charge in [-0.05, 0) is 25.2 Å². The van der Waals surface area contributed by atoms with Crippen LogP contribution in [0.15, 0.2) is 0 Å². The van der Waals surface area contributed by atoms with Crippen LogP contribution in [0.3, 0.4) is 0 Å². The largest absolute Gasteiger partial charge is 0.411 e. The fraction of sp³-hybridized carbons (Fsp3) is 1.00. The van der Waals surface area contributed by atoms with Crippen molar-refractivity contribution in [1.29, 1.82) is 0 Å². The van der Waals surface area contributed by atoms with E-state index < -0.39 is 12.8 Å². The van der Waals surface area contributed by atoms with Gasteiger partial charge in [0.05, 0.1) is 6.61 Å². The molecule has 1 rings (SSSR count). The molecule has 16 heavy (non-hydrogen) atoms. The summed E-state index contributed by atoms with van der Waals surface area (Å²) >= 11 is 0. The highest BCUT2D eigenvalue weighted by Crippen LogP contribution is 2.27. The summed E-state index contributed by atoms with van der Waals surface area (Å²) in [4.78, 5) is 0. The molecule has 2 unspecified atom stereocenters. The topological polar surface area (TPSA) is 21.3 Å². The monoisotopic (exact) mass is 239 g/mol. The maximum absolute atomic E-state index is 11.7. The van der Waals surface area contributed by atoms with E-state index in [1.165, 1.54) is 12.8 Å². The molecular weight excluding hydrogens is 219 g/mol. The van der Waals surface area contributed by atoms with Crippen molar-refractivity contribution in [2.24, 2.45) is 5.92 Å². The summed E-state index contributed by atoms with van der Waals surface area (Å²) in [6, 6.07) is 0.472. The van der Waals surface area contributed by atoms with E-state index in [0.29, 0.717) is 12.6 Å². The van der Waals surface area contributed by atoms with Crippen LogP contribution in [0.4, 0.5) is 13.2 Å². The Morgan fingerprint density at radius 3 is 2.62 bits per heavy atom. The van der Waals surface area contributed by atoms with Crippen molar-refractivity contribution >= 4 is 0 Å². The first-order valence-corrected chi connectivity index (χ1v) is 5.89. The quantitative estimate of drug-likeness (QED) is 0.720. The van der Waals surface area contributed by atoms with Crippen molar-refractivity contribution in [3.8, 4) is 0 Å². The summed E-state index contributed by atoms with van der Waals surface area (Å²) in [7, 11) is 0. The summed E-state index contributed by atoms with van der Waals surface area (Å²) in [5.41, 5.74) is 0. The lowest BCUT2D eigenvalue weighted by Crippen LogP contribution is -2.31. The first kappa shape index (κ1) is 13.8. The summed E-state index contributed by atoms with van der Waals surface area (Å²) in [6.07, 6.45) is 0.508.